The second-order valence-corrected chi connectivity index (χ2v) is 7.38. The highest BCUT2D eigenvalue weighted by Gasteiger charge is 2.15. The maximum Gasteiger partial charge on any atom is 0.248 e. The van der Waals surface area contributed by atoms with E-state index in [1.807, 2.05) is 17.5 Å². The van der Waals surface area contributed by atoms with Crippen LogP contribution in [0.5, 0.6) is 5.75 Å². The molecule has 0 saturated heterocycles. The van der Waals surface area contributed by atoms with Crippen LogP contribution < -0.4 is 4.74 Å². The molecule has 0 aliphatic rings. The van der Waals surface area contributed by atoms with Crippen molar-refractivity contribution in [2.75, 3.05) is 34.0 Å². The standard InChI is InChI=1S/C20H28N2O4S/c1-15-8-16(2)10-18(9-15)26-12-19-21-17(14-27-19)11-22(6-5-7-24-3)20(23)13-25-4/h8-10,14H,5-7,11-13H2,1-4H3. The molecule has 0 bridgehead atoms. The summed E-state index contributed by atoms with van der Waals surface area (Å²) in [6.45, 7) is 6.28. The first-order valence-corrected chi connectivity index (χ1v) is 9.79. The summed E-state index contributed by atoms with van der Waals surface area (Å²) in [6, 6.07) is 6.15. The Hall–Kier alpha value is -1.96. The number of aromatic nitrogens is 1. The number of rotatable bonds is 11. The molecule has 0 N–H and O–H groups in total. The van der Waals surface area contributed by atoms with Crippen LogP contribution in [-0.4, -0.2) is 49.8 Å². The third-order valence-electron chi connectivity index (χ3n) is 3.91. The van der Waals surface area contributed by atoms with Gasteiger partial charge in [0.05, 0.1) is 12.2 Å². The molecule has 1 aromatic heterocycles. The largest absolute Gasteiger partial charge is 0.486 e. The van der Waals surface area contributed by atoms with Crippen LogP contribution in [0.3, 0.4) is 0 Å². The normalized spacial score (nSPS) is 10.8. The Labute approximate surface area is 165 Å². The monoisotopic (exact) mass is 392 g/mol. The molecule has 0 aliphatic heterocycles. The van der Waals surface area contributed by atoms with E-state index in [2.05, 4.69) is 24.9 Å². The molecule has 0 atom stereocenters. The SMILES string of the molecule is COCCCN(Cc1csc(COc2cc(C)cc(C)c2)n1)C(=O)COC. The Balaban J connectivity index is 1.94. The van der Waals surface area contributed by atoms with Crippen molar-refractivity contribution in [2.24, 2.45) is 0 Å². The highest BCUT2D eigenvalue weighted by atomic mass is 32.1. The molecule has 1 aromatic carbocycles. The number of thiazole rings is 1. The molecule has 2 rings (SSSR count). The van der Waals surface area contributed by atoms with Gasteiger partial charge in [-0.2, -0.15) is 0 Å². The van der Waals surface area contributed by atoms with Crippen LogP contribution >= 0.6 is 11.3 Å². The zero-order valence-electron chi connectivity index (χ0n) is 16.5. The lowest BCUT2D eigenvalue weighted by molar-refractivity contribution is -0.136. The molecule has 0 unspecified atom stereocenters. The van der Waals surface area contributed by atoms with Crippen molar-refractivity contribution < 1.29 is 19.0 Å². The third-order valence-corrected chi connectivity index (χ3v) is 4.78. The average Bonchev–Trinajstić information content (AvgIpc) is 3.06. The number of methoxy groups -OCH3 is 2. The summed E-state index contributed by atoms with van der Waals surface area (Å²) in [7, 11) is 3.18. The van der Waals surface area contributed by atoms with Crippen molar-refractivity contribution in [2.45, 2.75) is 33.4 Å². The molecule has 7 heteroatoms. The van der Waals surface area contributed by atoms with Crippen LogP contribution in [0.2, 0.25) is 0 Å². The quantitative estimate of drug-likeness (QED) is 0.549. The van der Waals surface area contributed by atoms with Gasteiger partial charge in [0, 0.05) is 32.8 Å². The number of aryl methyl sites for hydroxylation is 2. The van der Waals surface area contributed by atoms with Crippen molar-refractivity contribution in [3.63, 3.8) is 0 Å². The molecule has 1 amide bonds. The molecule has 148 valence electrons. The highest BCUT2D eigenvalue weighted by molar-refractivity contribution is 7.09. The van der Waals surface area contributed by atoms with E-state index in [4.69, 9.17) is 14.2 Å². The zero-order chi connectivity index (χ0) is 19.6. The maximum absolute atomic E-state index is 12.2. The van der Waals surface area contributed by atoms with Crippen LogP contribution in [0.4, 0.5) is 0 Å². The van der Waals surface area contributed by atoms with Crippen molar-refractivity contribution in [3.8, 4) is 5.75 Å². The van der Waals surface area contributed by atoms with E-state index in [9.17, 15) is 4.79 Å². The highest BCUT2D eigenvalue weighted by Crippen LogP contribution is 2.19. The molecule has 2 aromatic rings. The lowest BCUT2D eigenvalue weighted by Gasteiger charge is -2.21. The minimum absolute atomic E-state index is 0.0466. The Morgan fingerprint density at radius 2 is 1.89 bits per heavy atom. The van der Waals surface area contributed by atoms with Gasteiger partial charge in [0.25, 0.3) is 0 Å². The summed E-state index contributed by atoms with van der Waals surface area (Å²) in [5.41, 5.74) is 3.21. The summed E-state index contributed by atoms with van der Waals surface area (Å²) < 4.78 is 15.9. The molecule has 0 radical (unpaired) electrons. The van der Waals surface area contributed by atoms with Gasteiger partial charge in [-0.25, -0.2) is 4.98 Å². The molecule has 0 saturated carbocycles. The number of nitrogens with zero attached hydrogens (tertiary/aromatic N) is 2. The predicted molar refractivity (Wildman–Crippen MR) is 106 cm³/mol. The number of carbonyl (C=O) groups is 1. The maximum atomic E-state index is 12.2. The molecule has 0 fully saturated rings. The van der Waals surface area contributed by atoms with Gasteiger partial charge in [0.1, 0.15) is 24.0 Å². The Bertz CT molecular complexity index is 712. The first-order chi connectivity index (χ1) is 13.0. The van der Waals surface area contributed by atoms with Crippen molar-refractivity contribution in [3.05, 3.63) is 45.4 Å². The van der Waals surface area contributed by atoms with E-state index in [-0.39, 0.29) is 12.5 Å². The van der Waals surface area contributed by atoms with Crippen molar-refractivity contribution in [1.82, 2.24) is 9.88 Å². The molecule has 0 aliphatic carbocycles. The van der Waals surface area contributed by atoms with Gasteiger partial charge < -0.3 is 19.1 Å². The Kier molecular flexibility index (Phi) is 8.71. The van der Waals surface area contributed by atoms with Crippen molar-refractivity contribution >= 4 is 17.2 Å². The minimum atomic E-state index is -0.0466. The second-order valence-electron chi connectivity index (χ2n) is 6.44. The molecular weight excluding hydrogens is 364 g/mol. The number of ether oxygens (including phenoxy) is 3. The van der Waals surface area contributed by atoms with Crippen LogP contribution in [0.25, 0.3) is 0 Å². The Morgan fingerprint density at radius 3 is 2.56 bits per heavy atom. The van der Waals surface area contributed by atoms with Gasteiger partial charge in [-0.1, -0.05) is 6.07 Å². The summed E-state index contributed by atoms with van der Waals surface area (Å²) in [6.07, 6.45) is 0.777. The summed E-state index contributed by atoms with van der Waals surface area (Å²) in [5, 5.41) is 2.86. The van der Waals surface area contributed by atoms with Crippen LogP contribution in [0.15, 0.2) is 23.6 Å². The molecular formula is C20H28N2O4S. The van der Waals surface area contributed by atoms with Gasteiger partial charge in [0.15, 0.2) is 0 Å². The first-order valence-electron chi connectivity index (χ1n) is 8.92. The zero-order valence-corrected chi connectivity index (χ0v) is 17.3. The molecule has 1 heterocycles. The summed E-state index contributed by atoms with van der Waals surface area (Å²) in [5.74, 6) is 0.801. The van der Waals surface area contributed by atoms with E-state index < -0.39 is 0 Å². The summed E-state index contributed by atoms with van der Waals surface area (Å²) >= 11 is 1.54. The summed E-state index contributed by atoms with van der Waals surface area (Å²) in [4.78, 5) is 18.6. The van der Waals surface area contributed by atoms with E-state index in [1.165, 1.54) is 18.2 Å². The number of hydrogen-bond donors (Lipinski definition) is 0. The molecule has 6 nitrogen and oxygen atoms in total. The lowest BCUT2D eigenvalue weighted by Crippen LogP contribution is -2.34. The van der Waals surface area contributed by atoms with Crippen LogP contribution in [-0.2, 0) is 27.4 Å². The molecule has 0 spiro atoms. The third kappa shape index (κ3) is 7.28. The second kappa shape index (κ2) is 11.0. The number of amides is 1. The van der Waals surface area contributed by atoms with Gasteiger partial charge in [0.2, 0.25) is 5.91 Å². The minimum Gasteiger partial charge on any atom is -0.486 e. The Morgan fingerprint density at radius 1 is 1.15 bits per heavy atom. The van der Waals surface area contributed by atoms with Crippen molar-refractivity contribution in [1.29, 1.82) is 0 Å². The van der Waals surface area contributed by atoms with E-state index in [0.29, 0.717) is 26.3 Å². The predicted octanol–water partition coefficient (Wildman–Crippen LogP) is 3.35. The smallest absolute Gasteiger partial charge is 0.248 e. The van der Waals surface area contributed by atoms with Crippen LogP contribution in [0, 0.1) is 13.8 Å². The first kappa shape index (κ1) is 21.3. The van der Waals surface area contributed by atoms with Crippen LogP contribution in [0.1, 0.15) is 28.2 Å². The number of benzene rings is 1. The lowest BCUT2D eigenvalue weighted by atomic mass is 10.1. The topological polar surface area (TPSA) is 60.9 Å². The average molecular weight is 393 g/mol. The van der Waals surface area contributed by atoms with E-state index in [1.54, 1.807) is 23.3 Å². The van der Waals surface area contributed by atoms with Gasteiger partial charge in [-0.15, -0.1) is 11.3 Å². The molecule has 27 heavy (non-hydrogen) atoms. The fourth-order valence-corrected chi connectivity index (χ4v) is 3.45. The fourth-order valence-electron chi connectivity index (χ4n) is 2.75. The number of carbonyl (C=O) groups excluding carboxylic acids is 1. The number of hydrogen-bond acceptors (Lipinski definition) is 6. The fraction of sp³-hybridized carbons (Fsp3) is 0.500. The van der Waals surface area contributed by atoms with Gasteiger partial charge >= 0.3 is 0 Å². The van der Waals surface area contributed by atoms with E-state index >= 15 is 0 Å². The van der Waals surface area contributed by atoms with Gasteiger partial charge in [-0.05, 0) is 43.5 Å². The van der Waals surface area contributed by atoms with Gasteiger partial charge in [-0.3, -0.25) is 4.79 Å². The van der Waals surface area contributed by atoms with E-state index in [0.717, 1.165) is 22.9 Å².